The second kappa shape index (κ2) is 8.98. The van der Waals surface area contributed by atoms with Gasteiger partial charge in [-0.05, 0) is 42.7 Å². The summed E-state index contributed by atoms with van der Waals surface area (Å²) >= 11 is 0. The molecule has 0 saturated carbocycles. The predicted octanol–water partition coefficient (Wildman–Crippen LogP) is 6.43. The van der Waals surface area contributed by atoms with E-state index in [9.17, 15) is 4.39 Å². The van der Waals surface area contributed by atoms with E-state index in [0.29, 0.717) is 11.3 Å². The molecule has 5 rings (SSSR count). The molecule has 2 N–H and O–H groups in total. The highest BCUT2D eigenvalue weighted by molar-refractivity contribution is 5.68. The van der Waals surface area contributed by atoms with Crippen molar-refractivity contribution in [2.45, 2.75) is 19.9 Å². The Balaban J connectivity index is 1.61. The first-order chi connectivity index (χ1) is 16.5. The molecular formula is C28H26FN5. The smallest absolute Gasteiger partial charge is 0.132 e. The van der Waals surface area contributed by atoms with Crippen LogP contribution < -0.4 is 5.32 Å². The van der Waals surface area contributed by atoms with E-state index >= 15 is 0 Å². The van der Waals surface area contributed by atoms with E-state index in [4.69, 9.17) is 0 Å². The number of hydrogen-bond acceptors (Lipinski definition) is 3. The van der Waals surface area contributed by atoms with Crippen molar-refractivity contribution in [2.24, 2.45) is 7.05 Å². The Labute approximate surface area is 198 Å². The molecule has 0 aliphatic heterocycles. The summed E-state index contributed by atoms with van der Waals surface area (Å²) in [6.07, 6.45) is 1.77. The minimum absolute atomic E-state index is 0.264. The van der Waals surface area contributed by atoms with Crippen LogP contribution in [0, 0.1) is 19.7 Å². The van der Waals surface area contributed by atoms with Crippen LogP contribution in [0.25, 0.3) is 22.4 Å². The Morgan fingerprint density at radius 1 is 0.882 bits per heavy atom. The molecule has 34 heavy (non-hydrogen) atoms. The normalized spacial score (nSPS) is 12.0. The van der Waals surface area contributed by atoms with Gasteiger partial charge in [0, 0.05) is 18.2 Å². The summed E-state index contributed by atoms with van der Waals surface area (Å²) in [4.78, 5) is 0. The molecule has 0 bridgehead atoms. The van der Waals surface area contributed by atoms with Crippen LogP contribution in [0.2, 0.25) is 0 Å². The number of anilines is 1. The average Bonchev–Trinajstić information content (AvgIpc) is 3.43. The molecule has 170 valence electrons. The zero-order chi connectivity index (χ0) is 23.7. The molecule has 5 nitrogen and oxygen atoms in total. The fourth-order valence-corrected chi connectivity index (χ4v) is 4.36. The number of rotatable bonds is 6. The van der Waals surface area contributed by atoms with Gasteiger partial charge in [-0.3, -0.25) is 9.78 Å². The quantitative estimate of drug-likeness (QED) is 0.313. The summed E-state index contributed by atoms with van der Waals surface area (Å²) in [5.74, 6) is -0.292. The third kappa shape index (κ3) is 3.99. The van der Waals surface area contributed by atoms with Crippen LogP contribution in [-0.4, -0.2) is 20.0 Å². The van der Waals surface area contributed by atoms with Gasteiger partial charge in [0.05, 0.1) is 35.0 Å². The maximum Gasteiger partial charge on any atom is 0.132 e. The van der Waals surface area contributed by atoms with Gasteiger partial charge in [-0.1, -0.05) is 66.7 Å². The van der Waals surface area contributed by atoms with E-state index in [1.165, 1.54) is 6.07 Å². The van der Waals surface area contributed by atoms with Gasteiger partial charge >= 0.3 is 0 Å². The highest BCUT2D eigenvalue weighted by atomic mass is 19.1. The summed E-state index contributed by atoms with van der Waals surface area (Å²) in [6, 6.07) is 25.2. The lowest BCUT2D eigenvalue weighted by molar-refractivity contribution is 0.630. The monoisotopic (exact) mass is 451 g/mol. The van der Waals surface area contributed by atoms with E-state index in [1.54, 1.807) is 18.3 Å². The molecule has 0 fully saturated rings. The number of aryl methyl sites for hydroxylation is 2. The summed E-state index contributed by atoms with van der Waals surface area (Å²) in [7, 11) is 1.93. The van der Waals surface area contributed by atoms with Crippen molar-refractivity contribution in [3.8, 4) is 22.4 Å². The van der Waals surface area contributed by atoms with E-state index in [1.807, 2.05) is 49.8 Å². The first-order valence-corrected chi connectivity index (χ1v) is 11.2. The van der Waals surface area contributed by atoms with Crippen molar-refractivity contribution < 1.29 is 4.39 Å². The van der Waals surface area contributed by atoms with Crippen LogP contribution in [0.3, 0.4) is 0 Å². The molecule has 0 radical (unpaired) electrons. The Hall–Kier alpha value is -4.19. The number of halogens is 1. The molecule has 3 aromatic carbocycles. The molecule has 5 aromatic rings. The first kappa shape index (κ1) is 21.6. The average molecular weight is 452 g/mol. The van der Waals surface area contributed by atoms with Crippen molar-refractivity contribution in [1.82, 2.24) is 20.0 Å². The van der Waals surface area contributed by atoms with Crippen LogP contribution in [0.15, 0.2) is 85.1 Å². The topological polar surface area (TPSA) is 58.5 Å². The number of H-pyrrole nitrogens is 1. The van der Waals surface area contributed by atoms with Crippen LogP contribution in [-0.2, 0) is 7.05 Å². The highest BCUT2D eigenvalue weighted by Crippen LogP contribution is 2.36. The van der Waals surface area contributed by atoms with E-state index in [-0.39, 0.29) is 11.9 Å². The number of nitrogens with zero attached hydrogens (tertiary/aromatic N) is 3. The molecule has 2 aromatic heterocycles. The number of benzene rings is 3. The molecular weight excluding hydrogens is 425 g/mol. The number of aromatic amines is 1. The maximum atomic E-state index is 14.7. The SMILES string of the molecule is Cc1nn(C)c(C)c1NC(c1ccc(-c2ccccc2)cc1)c1cn[nH]c1-c1ccccc1F. The molecule has 6 heteroatoms. The van der Waals surface area contributed by atoms with Gasteiger partial charge < -0.3 is 5.32 Å². The third-order valence-electron chi connectivity index (χ3n) is 6.27. The molecule has 2 heterocycles. The first-order valence-electron chi connectivity index (χ1n) is 11.2. The minimum atomic E-state index is -0.292. The lowest BCUT2D eigenvalue weighted by atomic mass is 9.94. The van der Waals surface area contributed by atoms with Crippen LogP contribution in [0.5, 0.6) is 0 Å². The maximum absolute atomic E-state index is 14.7. The van der Waals surface area contributed by atoms with Gasteiger partial charge in [-0.25, -0.2) is 4.39 Å². The van der Waals surface area contributed by atoms with Crippen molar-refractivity contribution in [3.05, 3.63) is 113 Å². The van der Waals surface area contributed by atoms with E-state index in [0.717, 1.165) is 39.3 Å². The second-order valence-electron chi connectivity index (χ2n) is 8.42. The summed E-state index contributed by atoms with van der Waals surface area (Å²) in [6.45, 7) is 4.02. The molecule has 0 spiro atoms. The summed E-state index contributed by atoms with van der Waals surface area (Å²) in [5, 5.41) is 15.5. The lowest BCUT2D eigenvalue weighted by Gasteiger charge is -2.22. The molecule has 0 saturated heterocycles. The second-order valence-corrected chi connectivity index (χ2v) is 8.42. The van der Waals surface area contributed by atoms with Gasteiger partial charge in [0.25, 0.3) is 0 Å². The van der Waals surface area contributed by atoms with Gasteiger partial charge in [0.15, 0.2) is 0 Å². The van der Waals surface area contributed by atoms with Crippen LogP contribution >= 0.6 is 0 Å². The molecule has 1 unspecified atom stereocenters. The predicted molar refractivity (Wildman–Crippen MR) is 134 cm³/mol. The van der Waals surface area contributed by atoms with Crippen molar-refractivity contribution in [1.29, 1.82) is 0 Å². The van der Waals surface area contributed by atoms with Crippen molar-refractivity contribution >= 4 is 5.69 Å². The molecule has 0 aliphatic rings. The van der Waals surface area contributed by atoms with E-state index < -0.39 is 0 Å². The largest absolute Gasteiger partial charge is 0.371 e. The molecule has 1 atom stereocenters. The van der Waals surface area contributed by atoms with Crippen molar-refractivity contribution in [2.75, 3.05) is 5.32 Å². The van der Waals surface area contributed by atoms with Crippen molar-refractivity contribution in [3.63, 3.8) is 0 Å². The van der Waals surface area contributed by atoms with Gasteiger partial charge in [0.1, 0.15) is 5.82 Å². The Morgan fingerprint density at radius 2 is 1.56 bits per heavy atom. The fraction of sp³-hybridized carbons (Fsp3) is 0.143. The minimum Gasteiger partial charge on any atom is -0.371 e. The molecule has 0 amide bonds. The zero-order valence-electron chi connectivity index (χ0n) is 19.4. The van der Waals surface area contributed by atoms with Gasteiger partial charge in [0.2, 0.25) is 0 Å². The Kier molecular flexibility index (Phi) is 5.72. The number of aromatic nitrogens is 4. The van der Waals surface area contributed by atoms with Gasteiger partial charge in [-0.2, -0.15) is 10.2 Å². The number of hydrogen-bond donors (Lipinski definition) is 2. The molecule has 0 aliphatic carbocycles. The Bertz CT molecular complexity index is 1420. The number of nitrogens with one attached hydrogen (secondary N) is 2. The van der Waals surface area contributed by atoms with Gasteiger partial charge in [-0.15, -0.1) is 0 Å². The van der Waals surface area contributed by atoms with Crippen LogP contribution in [0.4, 0.5) is 10.1 Å². The fourth-order valence-electron chi connectivity index (χ4n) is 4.36. The highest BCUT2D eigenvalue weighted by Gasteiger charge is 2.24. The third-order valence-corrected chi connectivity index (χ3v) is 6.27. The summed E-state index contributed by atoms with van der Waals surface area (Å²) in [5.41, 5.74) is 8.23. The Morgan fingerprint density at radius 3 is 2.24 bits per heavy atom. The lowest BCUT2D eigenvalue weighted by Crippen LogP contribution is -2.14. The zero-order valence-corrected chi connectivity index (χ0v) is 19.4. The van der Waals surface area contributed by atoms with Crippen LogP contribution in [0.1, 0.15) is 28.6 Å². The van der Waals surface area contributed by atoms with E-state index in [2.05, 4.69) is 57.0 Å². The standard InChI is InChI=1S/C28H26FN5/c1-18-26(19(2)34(3)33-18)31-27(22-15-13-21(14-16-22)20-9-5-4-6-10-20)24-17-30-32-28(24)23-11-7-8-12-25(23)29/h4-17,27,31H,1-3H3,(H,30,32). The summed E-state index contributed by atoms with van der Waals surface area (Å²) < 4.78 is 16.6.